The van der Waals surface area contributed by atoms with Gasteiger partial charge < -0.3 is 10.1 Å². The highest BCUT2D eigenvalue weighted by Crippen LogP contribution is 2.29. The summed E-state index contributed by atoms with van der Waals surface area (Å²) in [5, 5.41) is 13.9. The van der Waals surface area contributed by atoms with E-state index in [-0.39, 0.29) is 29.0 Å². The van der Waals surface area contributed by atoms with Gasteiger partial charge in [0.25, 0.3) is 5.91 Å². The van der Waals surface area contributed by atoms with E-state index in [0.717, 1.165) is 12.2 Å². The molecule has 0 aliphatic rings. The molecule has 1 N–H and O–H groups in total. The molecule has 2 aromatic carbocycles. The van der Waals surface area contributed by atoms with Crippen molar-refractivity contribution in [2.24, 2.45) is 0 Å². The molecule has 0 heterocycles. The molecule has 0 spiro atoms. The molecule has 8 heteroatoms. The number of hydrogen-bond acceptors (Lipinski definition) is 5. The van der Waals surface area contributed by atoms with Crippen LogP contribution in [-0.4, -0.2) is 29.7 Å². The lowest BCUT2D eigenvalue weighted by atomic mass is 10.3. The van der Waals surface area contributed by atoms with Crippen LogP contribution in [0.25, 0.3) is 0 Å². The molecule has 0 aliphatic heterocycles. The fourth-order valence-electron chi connectivity index (χ4n) is 1.96. The number of hydrogen-bond donors (Lipinski definition) is 1. The number of ether oxygens (including phenoxy) is 1. The van der Waals surface area contributed by atoms with Gasteiger partial charge in [0.15, 0.2) is 12.4 Å². The Balaban J connectivity index is 1.68. The molecule has 0 aromatic heterocycles. The molecule has 0 bridgehead atoms. The van der Waals surface area contributed by atoms with Crippen molar-refractivity contribution in [1.29, 1.82) is 0 Å². The van der Waals surface area contributed by atoms with Crippen LogP contribution >= 0.6 is 23.4 Å². The second-order valence-corrected chi connectivity index (χ2v) is 6.63. The van der Waals surface area contributed by atoms with Gasteiger partial charge >= 0.3 is 5.69 Å². The van der Waals surface area contributed by atoms with Crippen molar-refractivity contribution in [2.75, 3.05) is 18.9 Å². The van der Waals surface area contributed by atoms with E-state index in [0.29, 0.717) is 6.54 Å². The van der Waals surface area contributed by atoms with Crippen molar-refractivity contribution in [3.8, 4) is 5.75 Å². The van der Waals surface area contributed by atoms with Crippen LogP contribution in [0.2, 0.25) is 5.02 Å². The van der Waals surface area contributed by atoms with Gasteiger partial charge in [-0.1, -0.05) is 29.8 Å². The fraction of sp³-hybridized carbons (Fsp3) is 0.235. The quantitative estimate of drug-likeness (QED) is 0.308. The second kappa shape index (κ2) is 9.90. The fourth-order valence-corrected chi connectivity index (χ4v) is 3.00. The smallest absolute Gasteiger partial charge is 0.312 e. The molecule has 0 unspecified atom stereocenters. The van der Waals surface area contributed by atoms with Gasteiger partial charge in [0, 0.05) is 22.5 Å². The van der Waals surface area contributed by atoms with Gasteiger partial charge in [-0.2, -0.15) is 0 Å². The van der Waals surface area contributed by atoms with Crippen LogP contribution in [0.1, 0.15) is 6.42 Å². The number of carbonyl (C=O) groups excluding carboxylic acids is 1. The minimum atomic E-state index is -0.597. The van der Waals surface area contributed by atoms with Gasteiger partial charge in [0.1, 0.15) is 0 Å². The third kappa shape index (κ3) is 6.64. The van der Waals surface area contributed by atoms with E-state index in [1.807, 2.05) is 30.3 Å². The first-order chi connectivity index (χ1) is 12.1. The average molecular weight is 381 g/mol. The molecule has 0 fully saturated rings. The Morgan fingerprint density at radius 1 is 1.24 bits per heavy atom. The summed E-state index contributed by atoms with van der Waals surface area (Å²) in [5.74, 6) is 0.575. The second-order valence-electron chi connectivity index (χ2n) is 5.02. The van der Waals surface area contributed by atoms with E-state index in [1.165, 1.54) is 23.1 Å². The molecular formula is C17H17ClN2O4S. The Kier molecular flexibility index (Phi) is 7.56. The molecule has 2 aromatic rings. The molecule has 6 nitrogen and oxygen atoms in total. The zero-order chi connectivity index (χ0) is 18.1. The molecule has 2 rings (SSSR count). The lowest BCUT2D eigenvalue weighted by Gasteiger charge is -2.08. The van der Waals surface area contributed by atoms with Crippen molar-refractivity contribution < 1.29 is 14.5 Å². The zero-order valence-electron chi connectivity index (χ0n) is 13.3. The molecule has 132 valence electrons. The van der Waals surface area contributed by atoms with Crippen LogP contribution in [-0.2, 0) is 4.79 Å². The summed E-state index contributed by atoms with van der Waals surface area (Å²) < 4.78 is 5.22. The van der Waals surface area contributed by atoms with Gasteiger partial charge in [-0.15, -0.1) is 11.8 Å². The molecule has 0 radical (unpaired) electrons. The van der Waals surface area contributed by atoms with Gasteiger partial charge in [-0.05, 0) is 36.4 Å². The summed E-state index contributed by atoms with van der Waals surface area (Å²) in [6, 6.07) is 14.1. The standard InChI is InChI=1S/C17H17ClN2O4S/c18-13-7-8-16(15(11-13)20(22)23)24-12-17(21)19-9-4-10-25-14-5-2-1-3-6-14/h1-3,5-8,11H,4,9-10,12H2,(H,19,21). The predicted octanol–water partition coefficient (Wildman–Crippen LogP) is 3.93. The van der Waals surface area contributed by atoms with Crippen molar-refractivity contribution in [2.45, 2.75) is 11.3 Å². The summed E-state index contributed by atoms with van der Waals surface area (Å²) in [6.45, 7) is 0.235. The maximum atomic E-state index is 11.8. The number of amides is 1. The summed E-state index contributed by atoms with van der Waals surface area (Å²) in [6.07, 6.45) is 0.812. The molecule has 1 amide bonds. The maximum absolute atomic E-state index is 11.8. The Labute approximate surface area is 154 Å². The van der Waals surface area contributed by atoms with E-state index in [2.05, 4.69) is 5.32 Å². The Morgan fingerprint density at radius 3 is 2.72 bits per heavy atom. The van der Waals surface area contributed by atoms with Crippen LogP contribution in [0.4, 0.5) is 5.69 Å². The largest absolute Gasteiger partial charge is 0.477 e. The van der Waals surface area contributed by atoms with E-state index in [9.17, 15) is 14.9 Å². The molecule has 0 aliphatic carbocycles. The van der Waals surface area contributed by atoms with Crippen LogP contribution in [0, 0.1) is 10.1 Å². The van der Waals surface area contributed by atoms with Crippen LogP contribution < -0.4 is 10.1 Å². The van der Waals surface area contributed by atoms with Crippen LogP contribution in [0.5, 0.6) is 5.75 Å². The SMILES string of the molecule is O=C(COc1ccc(Cl)cc1[N+](=O)[O-])NCCCSc1ccccc1. The first-order valence-corrected chi connectivity index (χ1v) is 8.94. The lowest BCUT2D eigenvalue weighted by molar-refractivity contribution is -0.385. The number of thioether (sulfide) groups is 1. The van der Waals surface area contributed by atoms with Crippen LogP contribution in [0.15, 0.2) is 53.4 Å². The van der Waals surface area contributed by atoms with Crippen molar-refractivity contribution in [3.05, 3.63) is 63.7 Å². The molecule has 0 atom stereocenters. The highest BCUT2D eigenvalue weighted by molar-refractivity contribution is 7.99. The normalized spacial score (nSPS) is 10.3. The predicted molar refractivity (Wildman–Crippen MR) is 98.4 cm³/mol. The Hall–Kier alpha value is -2.25. The van der Waals surface area contributed by atoms with Gasteiger partial charge in [-0.3, -0.25) is 14.9 Å². The minimum Gasteiger partial charge on any atom is -0.477 e. The molecule has 0 saturated carbocycles. The van der Waals surface area contributed by atoms with Crippen molar-refractivity contribution in [3.63, 3.8) is 0 Å². The van der Waals surface area contributed by atoms with Crippen LogP contribution in [0.3, 0.4) is 0 Å². The summed E-state index contributed by atoms with van der Waals surface area (Å²) >= 11 is 7.44. The summed E-state index contributed by atoms with van der Waals surface area (Å²) in [4.78, 5) is 23.3. The third-order valence-electron chi connectivity index (χ3n) is 3.13. The van der Waals surface area contributed by atoms with Gasteiger partial charge in [0.05, 0.1) is 4.92 Å². The number of nitro groups is 1. The Bertz CT molecular complexity index is 728. The minimum absolute atomic E-state index is 0.0178. The number of nitrogens with zero attached hydrogens (tertiary/aromatic N) is 1. The Morgan fingerprint density at radius 2 is 2.00 bits per heavy atom. The molecule has 0 saturated heterocycles. The monoisotopic (exact) mass is 380 g/mol. The summed E-state index contributed by atoms with van der Waals surface area (Å²) in [5.41, 5.74) is -0.264. The lowest BCUT2D eigenvalue weighted by Crippen LogP contribution is -2.30. The van der Waals surface area contributed by atoms with Gasteiger partial charge in [0.2, 0.25) is 0 Å². The van der Waals surface area contributed by atoms with E-state index < -0.39 is 4.92 Å². The number of nitrogens with one attached hydrogen (secondary N) is 1. The van der Waals surface area contributed by atoms with Crippen molar-refractivity contribution in [1.82, 2.24) is 5.32 Å². The number of benzene rings is 2. The first-order valence-electron chi connectivity index (χ1n) is 7.57. The van der Waals surface area contributed by atoms with Gasteiger partial charge in [-0.25, -0.2) is 0 Å². The highest BCUT2D eigenvalue weighted by Gasteiger charge is 2.16. The number of rotatable bonds is 9. The van der Waals surface area contributed by atoms with E-state index in [1.54, 1.807) is 11.8 Å². The number of carbonyl (C=O) groups is 1. The number of nitro benzene ring substituents is 1. The molecule has 25 heavy (non-hydrogen) atoms. The third-order valence-corrected chi connectivity index (χ3v) is 4.47. The number of halogens is 1. The van der Waals surface area contributed by atoms with E-state index in [4.69, 9.17) is 16.3 Å². The molecular weight excluding hydrogens is 364 g/mol. The zero-order valence-corrected chi connectivity index (χ0v) is 14.9. The summed E-state index contributed by atoms with van der Waals surface area (Å²) in [7, 11) is 0. The average Bonchev–Trinajstić information content (AvgIpc) is 2.61. The highest BCUT2D eigenvalue weighted by atomic mass is 35.5. The first kappa shape index (κ1) is 19.1. The van der Waals surface area contributed by atoms with E-state index >= 15 is 0 Å². The maximum Gasteiger partial charge on any atom is 0.312 e. The van der Waals surface area contributed by atoms with Crippen molar-refractivity contribution >= 4 is 35.0 Å². The topological polar surface area (TPSA) is 81.5 Å².